The molecule has 0 aliphatic heterocycles. The first kappa shape index (κ1) is 42.0. The van der Waals surface area contributed by atoms with Crippen LogP contribution in [0.4, 0.5) is 13.2 Å². The van der Waals surface area contributed by atoms with Crippen molar-refractivity contribution in [2.75, 3.05) is 0 Å². The highest BCUT2D eigenvalue weighted by atomic mass is 19.1. The molecule has 0 nitrogen and oxygen atoms in total. The van der Waals surface area contributed by atoms with E-state index in [1.54, 1.807) is 30.3 Å². The van der Waals surface area contributed by atoms with Crippen LogP contribution in [0.15, 0.2) is 237 Å². The molecule has 0 fully saturated rings. The van der Waals surface area contributed by atoms with Crippen LogP contribution in [0.2, 0.25) is 0 Å². The molecule has 0 spiro atoms. The van der Waals surface area contributed by atoms with E-state index in [-0.39, 0.29) is 17.5 Å². The van der Waals surface area contributed by atoms with Crippen molar-refractivity contribution in [3.05, 3.63) is 254 Å². The Morgan fingerprint density at radius 3 is 1.16 bits per heavy atom. The van der Waals surface area contributed by atoms with Crippen molar-refractivity contribution in [3.8, 4) is 89.0 Å². The van der Waals surface area contributed by atoms with Crippen molar-refractivity contribution < 1.29 is 13.2 Å². The minimum atomic E-state index is -0.381. The largest absolute Gasteiger partial charge is 0.207 e. The molecule has 0 saturated heterocycles. The molecule has 1 aliphatic carbocycles. The van der Waals surface area contributed by atoms with Crippen LogP contribution in [-0.2, 0) is 0 Å². The molecule has 0 saturated carbocycles. The molecule has 15 aromatic rings. The summed E-state index contributed by atoms with van der Waals surface area (Å²) in [7, 11) is 0. The molecule has 0 amide bonds. The van der Waals surface area contributed by atoms with Gasteiger partial charge in [0.1, 0.15) is 17.5 Å². The lowest BCUT2D eigenvalue weighted by Gasteiger charge is -2.21. The second-order valence-electron chi connectivity index (χ2n) is 20.1. The Bertz CT molecular complexity index is 4770. The number of rotatable bonds is 6. The molecule has 0 aromatic heterocycles. The molecule has 3 heteroatoms. The van der Waals surface area contributed by atoms with Gasteiger partial charge in [0.15, 0.2) is 0 Å². The third kappa shape index (κ3) is 5.89. The maximum atomic E-state index is 15.5. The van der Waals surface area contributed by atoms with E-state index < -0.39 is 0 Å². The summed E-state index contributed by atoms with van der Waals surface area (Å²) in [4.78, 5) is 0. The minimum absolute atomic E-state index is 0.355. The van der Waals surface area contributed by atoms with Crippen molar-refractivity contribution in [1.29, 1.82) is 0 Å². The van der Waals surface area contributed by atoms with Crippen molar-refractivity contribution in [2.24, 2.45) is 0 Å². The zero-order chi connectivity index (χ0) is 49.6. The SMILES string of the molecule is Fc1cccc(-c2cc(-c3cccc(F)c3)c3c(c2-c2cccc(F)c2)-c2cccc4c(-c5ccc6c7c(-c8ccccc8)c8c9cccc%10cccc(c8c(-c8ccccc8)c7c7cccc5c76)c%109)ccc-3c24)c1. The van der Waals surface area contributed by atoms with Gasteiger partial charge in [-0.15, -0.1) is 0 Å². The first-order chi connectivity index (χ1) is 37.0. The Balaban J connectivity index is 1.02. The van der Waals surface area contributed by atoms with Crippen molar-refractivity contribution in [3.63, 3.8) is 0 Å². The van der Waals surface area contributed by atoms with Gasteiger partial charge in [-0.25, -0.2) is 13.2 Å². The lowest BCUT2D eigenvalue weighted by molar-refractivity contribution is 0.627. The highest BCUT2D eigenvalue weighted by Crippen LogP contribution is 2.60. The van der Waals surface area contributed by atoms with Crippen LogP contribution in [0.5, 0.6) is 0 Å². The summed E-state index contributed by atoms with van der Waals surface area (Å²) >= 11 is 0. The maximum absolute atomic E-state index is 15.5. The molecule has 16 rings (SSSR count). The quantitative estimate of drug-likeness (QED) is 0.156. The monoisotopic (exact) mass is 960 g/mol. The summed E-state index contributed by atoms with van der Waals surface area (Å²) in [5.41, 5.74) is 15.2. The smallest absolute Gasteiger partial charge is 0.123 e. The summed E-state index contributed by atoms with van der Waals surface area (Å²) in [5.74, 6) is -1.11. The highest BCUT2D eigenvalue weighted by Gasteiger charge is 2.33. The van der Waals surface area contributed by atoms with Crippen LogP contribution in [-0.4, -0.2) is 0 Å². The highest BCUT2D eigenvalue weighted by molar-refractivity contribution is 6.47. The van der Waals surface area contributed by atoms with Crippen molar-refractivity contribution >= 4 is 75.4 Å². The molecule has 0 N–H and O–H groups in total. The molecule has 0 radical (unpaired) electrons. The Labute approximate surface area is 429 Å². The first-order valence-electron chi connectivity index (χ1n) is 25.5. The molecular formula is C72H39F3. The number of benzene rings is 13. The predicted octanol–water partition coefficient (Wildman–Crippen LogP) is 20.7. The Morgan fingerprint density at radius 2 is 0.587 bits per heavy atom. The standard InChI is InChI=1S/C72H39F3/c73-46-23-7-20-43(36-46)59-39-60(44-21-8-24-47(74)37-44)67-57-34-32-49(51-26-12-30-55(65(51)57)68(67)62(59)45-22-9-25-48(75)38-45)50-33-35-58-66-52(50)27-13-31-56(66)71-63(41-14-3-1-4-15-41)69-53-28-10-18-40-19-11-29-54(61(40)53)70(69)64(72(58)71)42-16-5-2-6-17-42/h1-39H. The number of hydrogen-bond acceptors (Lipinski definition) is 0. The summed E-state index contributed by atoms with van der Waals surface area (Å²) < 4.78 is 46.1. The van der Waals surface area contributed by atoms with Crippen LogP contribution >= 0.6 is 0 Å². The third-order valence-corrected chi connectivity index (χ3v) is 16.2. The van der Waals surface area contributed by atoms with Crippen LogP contribution in [0.3, 0.4) is 0 Å². The van der Waals surface area contributed by atoms with Crippen LogP contribution in [0, 0.1) is 17.5 Å². The van der Waals surface area contributed by atoms with Gasteiger partial charge >= 0.3 is 0 Å². The fourth-order valence-corrected chi connectivity index (χ4v) is 13.4. The van der Waals surface area contributed by atoms with E-state index in [0.29, 0.717) is 16.7 Å². The van der Waals surface area contributed by atoms with Gasteiger partial charge in [-0.1, -0.05) is 194 Å². The van der Waals surface area contributed by atoms with Crippen LogP contribution < -0.4 is 0 Å². The lowest BCUT2D eigenvalue weighted by atomic mass is 9.82. The average Bonchev–Trinajstić information content (AvgIpc) is 4.30. The molecule has 75 heavy (non-hydrogen) atoms. The van der Waals surface area contributed by atoms with Gasteiger partial charge in [0, 0.05) is 0 Å². The van der Waals surface area contributed by atoms with E-state index in [1.807, 2.05) is 24.3 Å². The van der Waals surface area contributed by atoms with Crippen LogP contribution in [0.1, 0.15) is 0 Å². The van der Waals surface area contributed by atoms with E-state index in [9.17, 15) is 0 Å². The fraction of sp³-hybridized carbons (Fsp3) is 0. The van der Waals surface area contributed by atoms with E-state index >= 15 is 13.2 Å². The van der Waals surface area contributed by atoms with Gasteiger partial charge in [0.25, 0.3) is 0 Å². The molecule has 0 atom stereocenters. The maximum Gasteiger partial charge on any atom is 0.123 e. The Hall–Kier alpha value is -9.57. The summed E-state index contributed by atoms with van der Waals surface area (Å²) in [5, 5.41) is 17.1. The third-order valence-electron chi connectivity index (χ3n) is 16.2. The van der Waals surface area contributed by atoms with Gasteiger partial charge in [0.05, 0.1) is 0 Å². The predicted molar refractivity (Wildman–Crippen MR) is 308 cm³/mol. The van der Waals surface area contributed by atoms with Gasteiger partial charge in [-0.05, 0) is 207 Å². The topological polar surface area (TPSA) is 0 Å². The fourth-order valence-electron chi connectivity index (χ4n) is 13.4. The second-order valence-corrected chi connectivity index (χ2v) is 20.1. The number of fused-ring (bicyclic) bond motifs is 9. The van der Waals surface area contributed by atoms with Gasteiger partial charge < -0.3 is 0 Å². The minimum Gasteiger partial charge on any atom is -0.207 e. The molecule has 0 bridgehead atoms. The summed E-state index contributed by atoms with van der Waals surface area (Å²) in [6.45, 7) is 0. The Kier molecular flexibility index (Phi) is 8.80. The molecule has 15 aromatic carbocycles. The molecule has 348 valence electrons. The summed E-state index contributed by atoms with van der Waals surface area (Å²) in [6, 6.07) is 79.7. The molecular weight excluding hydrogens is 922 g/mol. The van der Waals surface area contributed by atoms with E-state index in [2.05, 4.69) is 158 Å². The van der Waals surface area contributed by atoms with Gasteiger partial charge in [0.2, 0.25) is 0 Å². The van der Waals surface area contributed by atoms with E-state index in [4.69, 9.17) is 0 Å². The van der Waals surface area contributed by atoms with Crippen LogP contribution in [0.25, 0.3) is 164 Å². The van der Waals surface area contributed by atoms with Crippen molar-refractivity contribution in [2.45, 2.75) is 0 Å². The van der Waals surface area contributed by atoms with Gasteiger partial charge in [-0.3, -0.25) is 0 Å². The first-order valence-corrected chi connectivity index (χ1v) is 25.5. The number of halogens is 3. The van der Waals surface area contributed by atoms with Gasteiger partial charge in [-0.2, -0.15) is 0 Å². The van der Waals surface area contributed by atoms with E-state index in [0.717, 1.165) is 66.2 Å². The average molecular weight is 961 g/mol. The van der Waals surface area contributed by atoms with Crippen molar-refractivity contribution in [1.82, 2.24) is 0 Å². The molecule has 0 unspecified atom stereocenters. The zero-order valence-corrected chi connectivity index (χ0v) is 40.2. The second kappa shape index (κ2) is 15.7. The molecule has 1 aliphatic rings. The Morgan fingerprint density at radius 1 is 0.187 bits per heavy atom. The molecule has 0 heterocycles. The summed E-state index contributed by atoms with van der Waals surface area (Å²) in [6.07, 6.45) is 0. The van der Waals surface area contributed by atoms with E-state index in [1.165, 1.54) is 106 Å². The zero-order valence-electron chi connectivity index (χ0n) is 40.2. The number of hydrogen-bond donors (Lipinski definition) is 0. The lowest BCUT2D eigenvalue weighted by Crippen LogP contribution is -1.95. The normalized spacial score (nSPS) is 12.2.